The van der Waals surface area contributed by atoms with Gasteiger partial charge in [-0.1, -0.05) is 25.2 Å². The van der Waals surface area contributed by atoms with Gasteiger partial charge in [0.25, 0.3) is 0 Å². The Hall–Kier alpha value is -0.980. The van der Waals surface area contributed by atoms with Crippen LogP contribution >= 0.6 is 12.2 Å². The maximum absolute atomic E-state index is 12.1. The first kappa shape index (κ1) is 14.1. The summed E-state index contributed by atoms with van der Waals surface area (Å²) in [6.07, 6.45) is 0. The molecule has 0 aromatic heterocycles. The molecule has 0 saturated carbocycles. The molecule has 0 fully saturated rings. The molecule has 6 heteroatoms. The molecule has 1 aromatic carbocycles. The van der Waals surface area contributed by atoms with Crippen LogP contribution in [0.1, 0.15) is 18.1 Å². The highest BCUT2D eigenvalue weighted by Crippen LogP contribution is 2.18. The number of thiocarbonyl (C=S) groups is 1. The van der Waals surface area contributed by atoms with E-state index in [4.69, 9.17) is 18.0 Å². The number of sulfonamides is 1. The van der Waals surface area contributed by atoms with Crippen LogP contribution in [-0.2, 0) is 10.0 Å². The van der Waals surface area contributed by atoms with E-state index in [9.17, 15) is 8.42 Å². The second-order valence-electron chi connectivity index (χ2n) is 3.76. The highest BCUT2D eigenvalue weighted by molar-refractivity contribution is 7.89. The lowest BCUT2D eigenvalue weighted by molar-refractivity contribution is 0.486. The van der Waals surface area contributed by atoms with Gasteiger partial charge in [0, 0.05) is 19.2 Å². The number of nitrogens with two attached hydrogens (primary N) is 1. The quantitative estimate of drug-likeness (QED) is 0.838. The molecule has 17 heavy (non-hydrogen) atoms. The first-order chi connectivity index (χ1) is 7.80. The van der Waals surface area contributed by atoms with Gasteiger partial charge in [0.2, 0.25) is 10.0 Å². The van der Waals surface area contributed by atoms with Crippen molar-refractivity contribution in [3.8, 4) is 0 Å². The van der Waals surface area contributed by atoms with Gasteiger partial charge in [0.05, 0.1) is 4.90 Å². The van der Waals surface area contributed by atoms with Crippen molar-refractivity contribution in [3.63, 3.8) is 0 Å². The molecule has 1 aromatic rings. The monoisotopic (exact) mass is 272 g/mol. The van der Waals surface area contributed by atoms with Gasteiger partial charge < -0.3 is 5.73 Å². The van der Waals surface area contributed by atoms with Gasteiger partial charge in [-0.15, -0.1) is 0 Å². The molecule has 0 spiro atoms. The van der Waals surface area contributed by atoms with E-state index in [1.54, 1.807) is 33.0 Å². The van der Waals surface area contributed by atoms with Crippen LogP contribution in [0.2, 0.25) is 0 Å². The maximum atomic E-state index is 12.1. The second kappa shape index (κ2) is 5.12. The predicted molar refractivity (Wildman–Crippen MR) is 72.6 cm³/mol. The van der Waals surface area contributed by atoms with E-state index < -0.39 is 10.0 Å². The van der Waals surface area contributed by atoms with Crippen LogP contribution in [0.5, 0.6) is 0 Å². The summed E-state index contributed by atoms with van der Waals surface area (Å²) in [4.78, 5) is 0.537. The van der Waals surface area contributed by atoms with Crippen molar-refractivity contribution in [3.05, 3.63) is 29.3 Å². The third kappa shape index (κ3) is 2.83. The Morgan fingerprint density at radius 2 is 2.06 bits per heavy atom. The summed E-state index contributed by atoms with van der Waals surface area (Å²) < 4.78 is 25.4. The average Bonchev–Trinajstić information content (AvgIpc) is 2.27. The van der Waals surface area contributed by atoms with E-state index in [0.29, 0.717) is 12.1 Å². The molecular weight excluding hydrogens is 256 g/mol. The number of rotatable bonds is 4. The molecule has 4 nitrogen and oxygen atoms in total. The Balaban J connectivity index is 3.28. The van der Waals surface area contributed by atoms with E-state index in [1.165, 1.54) is 10.4 Å². The molecule has 1 rings (SSSR count). The molecule has 0 atom stereocenters. The number of benzene rings is 1. The smallest absolute Gasteiger partial charge is 0.242 e. The molecule has 0 bridgehead atoms. The Morgan fingerprint density at radius 3 is 2.47 bits per heavy atom. The Morgan fingerprint density at radius 1 is 1.47 bits per heavy atom. The summed E-state index contributed by atoms with van der Waals surface area (Å²) in [5.74, 6) is 0. The molecule has 0 radical (unpaired) electrons. The Labute approximate surface area is 107 Å². The first-order valence-electron chi connectivity index (χ1n) is 5.17. The van der Waals surface area contributed by atoms with E-state index in [0.717, 1.165) is 5.56 Å². The topological polar surface area (TPSA) is 63.4 Å². The summed E-state index contributed by atoms with van der Waals surface area (Å²) in [5, 5.41) is 0. The van der Waals surface area contributed by atoms with Crippen LogP contribution in [0.4, 0.5) is 0 Å². The fourth-order valence-corrected chi connectivity index (χ4v) is 2.92. The summed E-state index contributed by atoms with van der Waals surface area (Å²) >= 11 is 4.88. The molecule has 0 unspecified atom stereocenters. The van der Waals surface area contributed by atoms with Crippen molar-refractivity contribution in [1.82, 2.24) is 4.31 Å². The highest BCUT2D eigenvalue weighted by atomic mass is 32.2. The minimum Gasteiger partial charge on any atom is -0.389 e. The number of nitrogens with zero attached hydrogens (tertiary/aromatic N) is 1. The van der Waals surface area contributed by atoms with Gasteiger partial charge in [-0.2, -0.15) is 0 Å². The second-order valence-corrected chi connectivity index (χ2v) is 6.24. The van der Waals surface area contributed by atoms with Gasteiger partial charge in [0.1, 0.15) is 4.99 Å². The van der Waals surface area contributed by atoms with Crippen molar-refractivity contribution >= 4 is 27.2 Å². The third-order valence-electron chi connectivity index (χ3n) is 2.62. The van der Waals surface area contributed by atoms with Crippen molar-refractivity contribution in [2.24, 2.45) is 5.73 Å². The normalized spacial score (nSPS) is 11.8. The van der Waals surface area contributed by atoms with E-state index in [1.807, 2.05) is 0 Å². The molecule has 94 valence electrons. The molecule has 0 aliphatic heterocycles. The van der Waals surface area contributed by atoms with Gasteiger partial charge in [-0.05, 0) is 24.6 Å². The number of hydrogen-bond acceptors (Lipinski definition) is 3. The summed E-state index contributed by atoms with van der Waals surface area (Å²) in [6, 6.07) is 4.77. The van der Waals surface area contributed by atoms with Crippen LogP contribution in [-0.4, -0.2) is 31.3 Å². The van der Waals surface area contributed by atoms with Crippen LogP contribution in [0, 0.1) is 6.92 Å². The maximum Gasteiger partial charge on any atom is 0.242 e. The molecule has 0 amide bonds. The van der Waals surface area contributed by atoms with E-state index >= 15 is 0 Å². The summed E-state index contributed by atoms with van der Waals surface area (Å²) in [5.41, 5.74) is 7.00. The van der Waals surface area contributed by atoms with E-state index in [2.05, 4.69) is 0 Å². The largest absolute Gasteiger partial charge is 0.389 e. The number of hydrogen-bond donors (Lipinski definition) is 1. The zero-order valence-corrected chi connectivity index (χ0v) is 11.7. The lowest BCUT2D eigenvalue weighted by atomic mass is 10.1. The minimum atomic E-state index is -3.40. The molecule has 0 aliphatic carbocycles. The predicted octanol–water partition coefficient (Wildman–Crippen LogP) is 1.27. The SMILES string of the molecule is CCN(C)S(=O)(=O)c1ccc(C(N)=S)c(C)c1. The Kier molecular flexibility index (Phi) is 4.24. The Bertz CT molecular complexity index is 538. The molecule has 0 aliphatic rings. The van der Waals surface area contributed by atoms with Gasteiger partial charge in [-0.3, -0.25) is 0 Å². The fourth-order valence-electron chi connectivity index (χ4n) is 1.42. The summed E-state index contributed by atoms with van der Waals surface area (Å²) in [7, 11) is -1.86. The molecular formula is C11H16N2O2S2. The van der Waals surface area contributed by atoms with Gasteiger partial charge >= 0.3 is 0 Å². The van der Waals surface area contributed by atoms with Crippen LogP contribution in [0.15, 0.2) is 23.1 Å². The van der Waals surface area contributed by atoms with Crippen LogP contribution < -0.4 is 5.73 Å². The third-order valence-corrected chi connectivity index (χ3v) is 4.77. The van der Waals surface area contributed by atoms with Crippen LogP contribution in [0.25, 0.3) is 0 Å². The summed E-state index contributed by atoms with van der Waals surface area (Å²) in [6.45, 7) is 4.01. The lowest BCUT2D eigenvalue weighted by Gasteiger charge is -2.15. The van der Waals surface area contributed by atoms with Crippen LogP contribution in [0.3, 0.4) is 0 Å². The van der Waals surface area contributed by atoms with Gasteiger partial charge in [0.15, 0.2) is 0 Å². The average molecular weight is 272 g/mol. The first-order valence-corrected chi connectivity index (χ1v) is 7.02. The van der Waals surface area contributed by atoms with Crippen molar-refractivity contribution in [2.75, 3.05) is 13.6 Å². The molecule has 0 heterocycles. The zero-order valence-electron chi connectivity index (χ0n) is 10.1. The van der Waals surface area contributed by atoms with Crippen molar-refractivity contribution < 1.29 is 8.42 Å². The zero-order chi connectivity index (χ0) is 13.2. The van der Waals surface area contributed by atoms with E-state index in [-0.39, 0.29) is 9.88 Å². The molecule has 0 saturated heterocycles. The fraction of sp³-hybridized carbons (Fsp3) is 0.364. The van der Waals surface area contributed by atoms with Gasteiger partial charge in [-0.25, -0.2) is 12.7 Å². The molecule has 2 N–H and O–H groups in total. The number of aryl methyl sites for hydroxylation is 1. The van der Waals surface area contributed by atoms with Crippen molar-refractivity contribution in [1.29, 1.82) is 0 Å². The standard InChI is InChI=1S/C11H16N2O2S2/c1-4-13(3)17(14,15)9-5-6-10(11(12)16)8(2)7-9/h5-7H,4H2,1-3H3,(H2,12,16). The highest BCUT2D eigenvalue weighted by Gasteiger charge is 2.19. The lowest BCUT2D eigenvalue weighted by Crippen LogP contribution is -2.26. The van der Waals surface area contributed by atoms with Crippen molar-refractivity contribution in [2.45, 2.75) is 18.7 Å². The minimum absolute atomic E-state index is 0.263.